The molecule has 1 fully saturated rings. The first kappa shape index (κ1) is 14.8. The lowest BCUT2D eigenvalue weighted by atomic mass is 10.0. The molecular formula is C15H22BrFN2. The largest absolute Gasteiger partial charge is 0.382 e. The minimum atomic E-state index is -0.194. The first-order valence-corrected chi connectivity index (χ1v) is 7.84. The minimum absolute atomic E-state index is 0.194. The molecule has 1 heterocycles. The molecule has 19 heavy (non-hydrogen) atoms. The maximum absolute atomic E-state index is 13.4. The Morgan fingerprint density at radius 3 is 2.68 bits per heavy atom. The van der Waals surface area contributed by atoms with Crippen molar-refractivity contribution in [3.63, 3.8) is 0 Å². The van der Waals surface area contributed by atoms with Crippen LogP contribution in [0.4, 0.5) is 10.1 Å². The Bertz CT molecular complexity index is 428. The molecule has 0 bridgehead atoms. The third kappa shape index (κ3) is 3.93. The summed E-state index contributed by atoms with van der Waals surface area (Å²) in [5.74, 6) is -0.194. The summed E-state index contributed by atoms with van der Waals surface area (Å²) in [6.45, 7) is 7.70. The van der Waals surface area contributed by atoms with Crippen molar-refractivity contribution in [2.45, 2.75) is 39.2 Å². The lowest BCUT2D eigenvalue weighted by Crippen LogP contribution is -2.39. The van der Waals surface area contributed by atoms with Crippen LogP contribution in [-0.2, 0) is 0 Å². The van der Waals surface area contributed by atoms with Gasteiger partial charge in [0.05, 0.1) is 4.47 Å². The van der Waals surface area contributed by atoms with E-state index in [1.165, 1.54) is 13.0 Å². The molecule has 0 amide bonds. The molecule has 0 atom stereocenters. The van der Waals surface area contributed by atoms with Gasteiger partial charge in [0.1, 0.15) is 5.82 Å². The third-order valence-electron chi connectivity index (χ3n) is 3.75. The standard InChI is InChI=1S/C15H22BrFN2/c1-3-6-19-7-4-12(5-8-19)18-15-10-13(16)14(17)9-11(15)2/h9-10,12,18H,3-8H2,1-2H3. The first-order valence-electron chi connectivity index (χ1n) is 7.04. The molecular weight excluding hydrogens is 307 g/mol. The molecule has 1 N–H and O–H groups in total. The first-order chi connectivity index (χ1) is 9.10. The van der Waals surface area contributed by atoms with Crippen LogP contribution in [0.3, 0.4) is 0 Å². The van der Waals surface area contributed by atoms with E-state index in [0.717, 1.165) is 37.2 Å². The summed E-state index contributed by atoms with van der Waals surface area (Å²) in [4.78, 5) is 2.52. The monoisotopic (exact) mass is 328 g/mol. The van der Waals surface area contributed by atoms with Gasteiger partial charge in [-0.3, -0.25) is 0 Å². The van der Waals surface area contributed by atoms with Crippen LogP contribution in [0, 0.1) is 12.7 Å². The summed E-state index contributed by atoms with van der Waals surface area (Å²) in [7, 11) is 0. The highest BCUT2D eigenvalue weighted by atomic mass is 79.9. The fraction of sp³-hybridized carbons (Fsp3) is 0.600. The van der Waals surface area contributed by atoms with Crippen LogP contribution in [-0.4, -0.2) is 30.6 Å². The van der Waals surface area contributed by atoms with Crippen molar-refractivity contribution in [2.24, 2.45) is 0 Å². The number of halogens is 2. The molecule has 1 aromatic rings. The predicted molar refractivity (Wildman–Crippen MR) is 82.2 cm³/mol. The quantitative estimate of drug-likeness (QED) is 0.891. The maximum Gasteiger partial charge on any atom is 0.137 e. The number of anilines is 1. The van der Waals surface area contributed by atoms with E-state index in [1.807, 2.05) is 13.0 Å². The van der Waals surface area contributed by atoms with Gasteiger partial charge in [-0.2, -0.15) is 0 Å². The molecule has 1 aromatic carbocycles. The van der Waals surface area contributed by atoms with Crippen LogP contribution in [0.25, 0.3) is 0 Å². The van der Waals surface area contributed by atoms with Crippen molar-refractivity contribution < 1.29 is 4.39 Å². The third-order valence-corrected chi connectivity index (χ3v) is 4.36. The topological polar surface area (TPSA) is 15.3 Å². The number of hydrogen-bond acceptors (Lipinski definition) is 2. The van der Waals surface area contributed by atoms with E-state index in [0.29, 0.717) is 10.5 Å². The molecule has 0 spiro atoms. The van der Waals surface area contributed by atoms with Crippen molar-refractivity contribution in [2.75, 3.05) is 25.0 Å². The number of aryl methyl sites for hydroxylation is 1. The smallest absolute Gasteiger partial charge is 0.137 e. The molecule has 0 aliphatic carbocycles. The Morgan fingerprint density at radius 2 is 2.05 bits per heavy atom. The Balaban J connectivity index is 1.94. The molecule has 1 aliphatic heterocycles. The fourth-order valence-electron chi connectivity index (χ4n) is 2.64. The van der Waals surface area contributed by atoms with Gasteiger partial charge in [-0.05, 0) is 66.4 Å². The van der Waals surface area contributed by atoms with Crippen LogP contribution in [0.5, 0.6) is 0 Å². The Kier molecular flexibility index (Phi) is 5.22. The summed E-state index contributed by atoms with van der Waals surface area (Å²) < 4.78 is 13.9. The normalized spacial score (nSPS) is 17.7. The van der Waals surface area contributed by atoms with Gasteiger partial charge in [-0.1, -0.05) is 6.92 Å². The number of piperidine rings is 1. The van der Waals surface area contributed by atoms with Gasteiger partial charge >= 0.3 is 0 Å². The van der Waals surface area contributed by atoms with E-state index in [9.17, 15) is 4.39 Å². The molecule has 106 valence electrons. The van der Waals surface area contributed by atoms with Gasteiger partial charge < -0.3 is 10.2 Å². The molecule has 2 rings (SSSR count). The average molecular weight is 329 g/mol. The van der Waals surface area contributed by atoms with Crippen LogP contribution < -0.4 is 5.32 Å². The molecule has 2 nitrogen and oxygen atoms in total. The van der Waals surface area contributed by atoms with E-state index >= 15 is 0 Å². The minimum Gasteiger partial charge on any atom is -0.382 e. The van der Waals surface area contributed by atoms with E-state index in [1.54, 1.807) is 6.07 Å². The number of nitrogens with one attached hydrogen (secondary N) is 1. The molecule has 0 unspecified atom stereocenters. The van der Waals surface area contributed by atoms with E-state index in [2.05, 4.69) is 33.1 Å². The maximum atomic E-state index is 13.4. The Morgan fingerprint density at radius 1 is 1.37 bits per heavy atom. The second-order valence-electron chi connectivity index (χ2n) is 5.34. The van der Waals surface area contributed by atoms with E-state index in [-0.39, 0.29) is 5.82 Å². The Hall–Kier alpha value is -0.610. The Labute approximate surface area is 123 Å². The van der Waals surface area contributed by atoms with Crippen molar-refractivity contribution in [3.8, 4) is 0 Å². The van der Waals surface area contributed by atoms with Gasteiger partial charge in [0.2, 0.25) is 0 Å². The lowest BCUT2D eigenvalue weighted by molar-refractivity contribution is 0.219. The SMILES string of the molecule is CCCN1CCC(Nc2cc(Br)c(F)cc2C)CC1. The molecule has 0 radical (unpaired) electrons. The van der Waals surface area contributed by atoms with E-state index < -0.39 is 0 Å². The molecule has 0 aromatic heterocycles. The number of rotatable bonds is 4. The van der Waals surface area contributed by atoms with Crippen LogP contribution in [0.15, 0.2) is 16.6 Å². The van der Waals surface area contributed by atoms with Crippen LogP contribution in [0.1, 0.15) is 31.7 Å². The van der Waals surface area contributed by atoms with Gasteiger partial charge in [0.25, 0.3) is 0 Å². The summed E-state index contributed by atoms with van der Waals surface area (Å²) in [6.07, 6.45) is 3.55. The highest BCUT2D eigenvalue weighted by Gasteiger charge is 2.19. The zero-order valence-electron chi connectivity index (χ0n) is 11.7. The second-order valence-corrected chi connectivity index (χ2v) is 6.20. The zero-order valence-corrected chi connectivity index (χ0v) is 13.3. The van der Waals surface area contributed by atoms with Crippen LogP contribution >= 0.6 is 15.9 Å². The van der Waals surface area contributed by atoms with Crippen molar-refractivity contribution in [1.29, 1.82) is 0 Å². The number of hydrogen-bond donors (Lipinski definition) is 1. The number of nitrogens with zero attached hydrogens (tertiary/aromatic N) is 1. The molecule has 1 saturated heterocycles. The van der Waals surface area contributed by atoms with Gasteiger partial charge in [0, 0.05) is 24.8 Å². The van der Waals surface area contributed by atoms with Gasteiger partial charge in [-0.25, -0.2) is 4.39 Å². The van der Waals surface area contributed by atoms with E-state index in [4.69, 9.17) is 0 Å². The van der Waals surface area contributed by atoms with Crippen molar-refractivity contribution >= 4 is 21.6 Å². The van der Waals surface area contributed by atoms with Crippen molar-refractivity contribution in [1.82, 2.24) is 4.90 Å². The highest BCUT2D eigenvalue weighted by Crippen LogP contribution is 2.26. The van der Waals surface area contributed by atoms with Crippen LogP contribution in [0.2, 0.25) is 0 Å². The molecule has 0 saturated carbocycles. The van der Waals surface area contributed by atoms with Gasteiger partial charge in [-0.15, -0.1) is 0 Å². The molecule has 4 heteroatoms. The zero-order chi connectivity index (χ0) is 13.8. The summed E-state index contributed by atoms with van der Waals surface area (Å²) in [6, 6.07) is 3.94. The second kappa shape index (κ2) is 6.71. The highest BCUT2D eigenvalue weighted by molar-refractivity contribution is 9.10. The van der Waals surface area contributed by atoms with Gasteiger partial charge in [0.15, 0.2) is 0 Å². The lowest BCUT2D eigenvalue weighted by Gasteiger charge is -2.33. The predicted octanol–water partition coefficient (Wildman–Crippen LogP) is 4.18. The molecule has 1 aliphatic rings. The number of benzene rings is 1. The van der Waals surface area contributed by atoms with Crippen molar-refractivity contribution in [3.05, 3.63) is 28.0 Å². The summed E-state index contributed by atoms with van der Waals surface area (Å²) >= 11 is 3.25. The fourth-order valence-corrected chi connectivity index (χ4v) is 2.98. The summed E-state index contributed by atoms with van der Waals surface area (Å²) in [5, 5.41) is 3.56. The number of likely N-dealkylation sites (tertiary alicyclic amines) is 1. The summed E-state index contributed by atoms with van der Waals surface area (Å²) in [5.41, 5.74) is 2.01. The average Bonchev–Trinajstić information content (AvgIpc) is 2.38.